The smallest absolute Gasteiger partial charge is 0.293 e. The summed E-state index contributed by atoms with van der Waals surface area (Å²) >= 11 is 0. The van der Waals surface area contributed by atoms with E-state index in [9.17, 15) is 10.5 Å². The van der Waals surface area contributed by atoms with E-state index in [0.717, 1.165) is 11.1 Å². The molecule has 0 radical (unpaired) electrons. The third-order valence-electron chi connectivity index (χ3n) is 6.26. The van der Waals surface area contributed by atoms with Crippen LogP contribution in [0.15, 0.2) is 59.6 Å². The van der Waals surface area contributed by atoms with Crippen LogP contribution in [0.1, 0.15) is 24.0 Å². The van der Waals surface area contributed by atoms with E-state index in [0.29, 0.717) is 19.0 Å². The lowest BCUT2D eigenvalue weighted by Crippen LogP contribution is -2.39. The maximum absolute atomic E-state index is 10.2. The minimum Gasteiger partial charge on any atom is -0.489 e. The molecule has 2 heterocycles. The van der Waals surface area contributed by atoms with Crippen molar-refractivity contribution in [1.29, 1.82) is 10.5 Å². The van der Waals surface area contributed by atoms with Gasteiger partial charge in [0, 0.05) is 5.92 Å². The average Bonchev–Trinajstić information content (AvgIpc) is 3.16. The molecule has 2 fully saturated rings. The largest absolute Gasteiger partial charge is 0.489 e. The van der Waals surface area contributed by atoms with Gasteiger partial charge >= 0.3 is 0 Å². The minimum absolute atomic E-state index is 0.0926. The highest BCUT2D eigenvalue weighted by Gasteiger charge is 2.94. The second-order valence-electron chi connectivity index (χ2n) is 7.93. The van der Waals surface area contributed by atoms with Gasteiger partial charge in [0.1, 0.15) is 23.6 Å². The highest BCUT2D eigenvalue weighted by molar-refractivity contribution is 6.00. The Labute approximate surface area is 174 Å². The second-order valence-corrected chi connectivity index (χ2v) is 7.93. The molecule has 5 rings (SSSR count). The first-order valence-corrected chi connectivity index (χ1v) is 9.80. The van der Waals surface area contributed by atoms with Gasteiger partial charge in [-0.15, -0.1) is 0 Å². The third kappa shape index (κ3) is 2.16. The molecule has 0 amide bonds. The molecule has 0 bridgehead atoms. The number of nitrogens with zero attached hydrogens (tertiary/aromatic N) is 3. The van der Waals surface area contributed by atoms with Crippen molar-refractivity contribution in [2.45, 2.75) is 31.5 Å². The molecular weight excluding hydrogens is 380 g/mol. The predicted molar refractivity (Wildman–Crippen MR) is 107 cm³/mol. The third-order valence-corrected chi connectivity index (χ3v) is 6.26. The number of hydrogen-bond donors (Lipinski definition) is 1. The van der Waals surface area contributed by atoms with Crippen molar-refractivity contribution in [3.8, 4) is 17.9 Å². The molecule has 1 saturated heterocycles. The summed E-state index contributed by atoms with van der Waals surface area (Å²) in [7, 11) is 0. The molecule has 2 aromatic carbocycles. The number of rotatable bonds is 4. The number of aliphatic imine (C=N–C) groups is 1. The van der Waals surface area contributed by atoms with Gasteiger partial charge in [-0.3, -0.25) is 0 Å². The van der Waals surface area contributed by atoms with E-state index in [1.54, 1.807) is 0 Å². The van der Waals surface area contributed by atoms with Crippen LogP contribution in [-0.2, 0) is 16.1 Å². The summed E-state index contributed by atoms with van der Waals surface area (Å²) in [6.45, 7) is 2.59. The Hall–Kier alpha value is -3.39. The fourth-order valence-electron chi connectivity index (χ4n) is 4.86. The minimum atomic E-state index is -1.53. The summed E-state index contributed by atoms with van der Waals surface area (Å²) in [5, 5.41) is 20.2. The van der Waals surface area contributed by atoms with Gasteiger partial charge in [0.25, 0.3) is 5.91 Å². The van der Waals surface area contributed by atoms with Gasteiger partial charge in [-0.1, -0.05) is 42.5 Å². The molecule has 5 unspecified atom stereocenters. The molecule has 1 spiro atoms. The first-order chi connectivity index (χ1) is 14.5. The van der Waals surface area contributed by atoms with Crippen LogP contribution in [0.3, 0.4) is 0 Å². The normalized spacial score (nSPS) is 35.9. The number of fused-ring (bicyclic) bond motifs is 2. The van der Waals surface area contributed by atoms with Crippen molar-refractivity contribution in [2.75, 3.05) is 6.61 Å². The molecule has 2 aliphatic heterocycles. The number of benzene rings is 2. The van der Waals surface area contributed by atoms with Crippen molar-refractivity contribution < 1.29 is 14.2 Å². The fraction of sp³-hybridized carbons (Fsp3) is 0.348. The highest BCUT2D eigenvalue weighted by atomic mass is 16.8. The van der Waals surface area contributed by atoms with Crippen molar-refractivity contribution in [3.05, 3.63) is 65.7 Å². The fourth-order valence-corrected chi connectivity index (χ4v) is 4.86. The Morgan fingerprint density at radius 1 is 1.13 bits per heavy atom. The van der Waals surface area contributed by atoms with Crippen LogP contribution >= 0.6 is 0 Å². The van der Waals surface area contributed by atoms with Gasteiger partial charge in [0.2, 0.25) is 0 Å². The number of ether oxygens (including phenoxy) is 3. The van der Waals surface area contributed by atoms with Crippen LogP contribution in [0, 0.1) is 33.5 Å². The second kappa shape index (κ2) is 6.30. The Morgan fingerprint density at radius 3 is 2.47 bits per heavy atom. The van der Waals surface area contributed by atoms with E-state index >= 15 is 0 Å². The maximum Gasteiger partial charge on any atom is 0.293 e. The number of amidine groups is 1. The molecule has 150 valence electrons. The summed E-state index contributed by atoms with van der Waals surface area (Å²) in [5.41, 5.74) is 5.48. The lowest BCUT2D eigenvalue weighted by Gasteiger charge is -2.26. The zero-order valence-corrected chi connectivity index (χ0v) is 16.4. The maximum atomic E-state index is 10.2. The SMILES string of the molecule is CC1COC2(N=C(N)C3(C#N)C(c4ccc(OCc5ccccc5)cc4)C23C#N)O1. The average molecular weight is 400 g/mol. The van der Waals surface area contributed by atoms with E-state index in [4.69, 9.17) is 19.9 Å². The molecule has 2 N–H and O–H groups in total. The molecule has 0 aromatic heterocycles. The van der Waals surface area contributed by atoms with Gasteiger partial charge in [-0.05, 0) is 30.2 Å². The van der Waals surface area contributed by atoms with E-state index in [2.05, 4.69) is 17.1 Å². The lowest BCUT2D eigenvalue weighted by atomic mass is 9.94. The summed E-state index contributed by atoms with van der Waals surface area (Å²) in [5.74, 6) is -1.24. The number of nitriles is 2. The van der Waals surface area contributed by atoms with E-state index in [1.807, 2.05) is 61.5 Å². The quantitative estimate of drug-likeness (QED) is 0.844. The molecule has 1 saturated carbocycles. The highest BCUT2D eigenvalue weighted by Crippen LogP contribution is 2.82. The monoisotopic (exact) mass is 400 g/mol. The van der Waals surface area contributed by atoms with Gasteiger partial charge < -0.3 is 19.9 Å². The topological polar surface area (TPSA) is 114 Å². The molecule has 30 heavy (non-hydrogen) atoms. The molecule has 3 aliphatic rings. The van der Waals surface area contributed by atoms with Crippen molar-refractivity contribution >= 4 is 5.84 Å². The summed E-state index contributed by atoms with van der Waals surface area (Å²) in [6.07, 6.45) is -0.240. The van der Waals surface area contributed by atoms with E-state index in [1.165, 1.54) is 0 Å². The van der Waals surface area contributed by atoms with Crippen molar-refractivity contribution in [3.63, 3.8) is 0 Å². The molecule has 5 atom stereocenters. The predicted octanol–water partition coefficient (Wildman–Crippen LogP) is 2.84. The van der Waals surface area contributed by atoms with Crippen LogP contribution in [0.5, 0.6) is 5.75 Å². The van der Waals surface area contributed by atoms with Gasteiger partial charge in [0.05, 0.1) is 24.8 Å². The zero-order valence-electron chi connectivity index (χ0n) is 16.4. The molecule has 7 nitrogen and oxygen atoms in total. The number of hydrogen-bond acceptors (Lipinski definition) is 7. The van der Waals surface area contributed by atoms with Crippen molar-refractivity contribution in [1.82, 2.24) is 0 Å². The van der Waals surface area contributed by atoms with Crippen LogP contribution in [0.25, 0.3) is 0 Å². The summed E-state index contributed by atoms with van der Waals surface area (Å²) < 4.78 is 17.6. The summed E-state index contributed by atoms with van der Waals surface area (Å²) in [4.78, 5) is 4.32. The lowest BCUT2D eigenvalue weighted by molar-refractivity contribution is -0.193. The van der Waals surface area contributed by atoms with Crippen LogP contribution in [0.2, 0.25) is 0 Å². The van der Waals surface area contributed by atoms with Crippen molar-refractivity contribution in [2.24, 2.45) is 21.6 Å². The van der Waals surface area contributed by atoms with Gasteiger partial charge in [0.15, 0.2) is 5.41 Å². The summed E-state index contributed by atoms with van der Waals surface area (Å²) in [6, 6.07) is 21.8. The van der Waals surface area contributed by atoms with Crippen LogP contribution < -0.4 is 10.5 Å². The zero-order chi connectivity index (χ0) is 21.0. The Kier molecular flexibility index (Phi) is 3.91. The first-order valence-electron chi connectivity index (χ1n) is 9.80. The molecular formula is C23H20N4O3. The van der Waals surface area contributed by atoms with E-state index in [-0.39, 0.29) is 11.9 Å². The molecule has 7 heteroatoms. The van der Waals surface area contributed by atoms with E-state index < -0.39 is 22.7 Å². The first kappa shape index (κ1) is 18.6. The standard InChI is InChI=1S/C23H20N4O3/c1-15-11-29-23(30-15)22(14-25)19(21(22,13-24)20(26)27-23)17-7-9-18(10-8-17)28-12-16-5-3-2-4-6-16/h2-10,15,19H,11-12H2,1H3,(H2,26,27). The number of nitrogens with two attached hydrogens (primary N) is 1. The van der Waals surface area contributed by atoms with Crippen LogP contribution in [0.4, 0.5) is 0 Å². The Bertz CT molecular complexity index is 1100. The Morgan fingerprint density at radius 2 is 1.87 bits per heavy atom. The molecule has 2 aromatic rings. The Balaban J connectivity index is 1.44. The van der Waals surface area contributed by atoms with Crippen LogP contribution in [-0.4, -0.2) is 24.5 Å². The van der Waals surface area contributed by atoms with Gasteiger partial charge in [-0.25, -0.2) is 4.99 Å². The molecule has 1 aliphatic carbocycles. The van der Waals surface area contributed by atoms with Gasteiger partial charge in [-0.2, -0.15) is 10.5 Å².